The molecule has 0 unspecified atom stereocenters. The summed E-state index contributed by atoms with van der Waals surface area (Å²) in [5.41, 5.74) is 3.17. The topological polar surface area (TPSA) is 84.5 Å². The van der Waals surface area contributed by atoms with Crippen LogP contribution >= 0.6 is 0 Å². The van der Waals surface area contributed by atoms with E-state index in [9.17, 15) is 18.8 Å². The molecule has 0 spiro atoms. The third-order valence-electron chi connectivity index (χ3n) is 4.89. The Balaban J connectivity index is 1.82. The van der Waals surface area contributed by atoms with Gasteiger partial charge in [-0.2, -0.15) is 0 Å². The van der Waals surface area contributed by atoms with Crippen molar-refractivity contribution in [3.05, 3.63) is 76.7 Å². The predicted octanol–water partition coefficient (Wildman–Crippen LogP) is 3.37. The van der Waals surface area contributed by atoms with Crippen molar-refractivity contribution in [3.8, 4) is 0 Å². The Bertz CT molecular complexity index is 999. The highest BCUT2D eigenvalue weighted by Gasteiger charge is 2.29. The Morgan fingerprint density at radius 2 is 1.93 bits per heavy atom. The molecule has 0 aromatic heterocycles. The first-order chi connectivity index (χ1) is 14.4. The minimum absolute atomic E-state index is 0.0900. The zero-order valence-corrected chi connectivity index (χ0v) is 16.8. The molecule has 156 valence electrons. The molecular formula is C23H23FN2O4. The molecule has 0 radical (unpaired) electrons. The van der Waals surface area contributed by atoms with Crippen LogP contribution in [0.25, 0.3) is 0 Å². The summed E-state index contributed by atoms with van der Waals surface area (Å²) in [7, 11) is 0. The first-order valence-electron chi connectivity index (χ1n) is 9.68. The van der Waals surface area contributed by atoms with Gasteiger partial charge in [0.15, 0.2) is 0 Å². The van der Waals surface area contributed by atoms with Crippen LogP contribution in [0.2, 0.25) is 0 Å². The van der Waals surface area contributed by atoms with Crippen molar-refractivity contribution in [2.24, 2.45) is 0 Å². The average molecular weight is 410 g/mol. The standard InChI is InChI=1S/C23H23FN2O4/c1-3-30-22(28)11-15-5-4-14(2)20(10-15)26-23(29)19-13-25-21(27)12-18(19)16-6-8-17(24)9-7-16/h4-10,13,18H,3,11-12H2,1-2H3,(H,25,27)(H,26,29)/t18-/m1/s1. The molecule has 2 amide bonds. The van der Waals surface area contributed by atoms with Crippen LogP contribution in [-0.4, -0.2) is 24.4 Å². The van der Waals surface area contributed by atoms with Gasteiger partial charge in [-0.25, -0.2) is 4.39 Å². The van der Waals surface area contributed by atoms with Crippen molar-refractivity contribution >= 4 is 23.5 Å². The van der Waals surface area contributed by atoms with Crippen molar-refractivity contribution in [1.82, 2.24) is 5.32 Å². The number of anilines is 1. The molecule has 0 fully saturated rings. The fraction of sp³-hybridized carbons (Fsp3) is 0.261. The molecule has 2 N–H and O–H groups in total. The van der Waals surface area contributed by atoms with Crippen LogP contribution < -0.4 is 10.6 Å². The summed E-state index contributed by atoms with van der Waals surface area (Å²) in [6.45, 7) is 3.89. The van der Waals surface area contributed by atoms with Crippen molar-refractivity contribution in [2.45, 2.75) is 32.6 Å². The van der Waals surface area contributed by atoms with Gasteiger partial charge < -0.3 is 15.4 Å². The number of esters is 1. The van der Waals surface area contributed by atoms with Crippen molar-refractivity contribution in [2.75, 3.05) is 11.9 Å². The van der Waals surface area contributed by atoms with E-state index in [1.165, 1.54) is 18.3 Å². The van der Waals surface area contributed by atoms with Crippen LogP contribution in [-0.2, 0) is 25.5 Å². The molecule has 3 rings (SSSR count). The lowest BCUT2D eigenvalue weighted by atomic mass is 9.86. The van der Waals surface area contributed by atoms with E-state index in [4.69, 9.17) is 4.74 Å². The summed E-state index contributed by atoms with van der Waals surface area (Å²) < 4.78 is 18.3. The number of benzene rings is 2. The van der Waals surface area contributed by atoms with E-state index in [2.05, 4.69) is 10.6 Å². The second-order valence-electron chi connectivity index (χ2n) is 7.06. The van der Waals surface area contributed by atoms with E-state index in [0.29, 0.717) is 23.4 Å². The van der Waals surface area contributed by atoms with E-state index in [1.807, 2.05) is 19.1 Å². The maximum atomic E-state index is 13.3. The lowest BCUT2D eigenvalue weighted by Gasteiger charge is -2.24. The molecule has 0 aliphatic carbocycles. The summed E-state index contributed by atoms with van der Waals surface area (Å²) in [6.07, 6.45) is 1.59. The van der Waals surface area contributed by atoms with Gasteiger partial charge in [0, 0.05) is 29.8 Å². The molecule has 30 heavy (non-hydrogen) atoms. The number of ether oxygens (including phenoxy) is 1. The minimum Gasteiger partial charge on any atom is -0.466 e. The molecule has 0 saturated heterocycles. The second kappa shape index (κ2) is 9.35. The molecule has 7 heteroatoms. The number of hydrogen-bond acceptors (Lipinski definition) is 4. The Morgan fingerprint density at radius 1 is 1.20 bits per heavy atom. The van der Waals surface area contributed by atoms with Crippen LogP contribution in [0.3, 0.4) is 0 Å². The zero-order chi connectivity index (χ0) is 21.7. The van der Waals surface area contributed by atoms with Gasteiger partial charge in [0.1, 0.15) is 5.82 Å². The first-order valence-corrected chi connectivity index (χ1v) is 9.68. The molecule has 1 atom stereocenters. The summed E-state index contributed by atoms with van der Waals surface area (Å²) in [5, 5.41) is 5.45. The van der Waals surface area contributed by atoms with Gasteiger partial charge in [0.05, 0.1) is 13.0 Å². The number of rotatable bonds is 6. The molecule has 0 saturated carbocycles. The number of halogens is 1. The number of carbonyl (C=O) groups excluding carboxylic acids is 3. The van der Waals surface area contributed by atoms with Gasteiger partial charge in [-0.1, -0.05) is 24.3 Å². The lowest BCUT2D eigenvalue weighted by Crippen LogP contribution is -2.32. The third kappa shape index (κ3) is 5.11. The Hall–Kier alpha value is -3.48. The lowest BCUT2D eigenvalue weighted by molar-refractivity contribution is -0.142. The maximum absolute atomic E-state index is 13.3. The highest BCUT2D eigenvalue weighted by Crippen LogP contribution is 2.31. The van der Waals surface area contributed by atoms with Crippen molar-refractivity contribution < 1.29 is 23.5 Å². The quantitative estimate of drug-likeness (QED) is 0.715. The molecule has 0 bridgehead atoms. The minimum atomic E-state index is -0.484. The van der Waals surface area contributed by atoms with Gasteiger partial charge in [-0.15, -0.1) is 0 Å². The van der Waals surface area contributed by atoms with Crippen LogP contribution in [0.15, 0.2) is 54.2 Å². The number of nitrogens with one attached hydrogen (secondary N) is 2. The fourth-order valence-corrected chi connectivity index (χ4v) is 3.32. The number of aryl methyl sites for hydroxylation is 1. The second-order valence-corrected chi connectivity index (χ2v) is 7.06. The highest BCUT2D eigenvalue weighted by atomic mass is 19.1. The molecule has 1 aliphatic rings. The van der Waals surface area contributed by atoms with E-state index in [-0.39, 0.29) is 36.4 Å². The average Bonchev–Trinajstić information content (AvgIpc) is 2.71. The predicted molar refractivity (Wildman–Crippen MR) is 110 cm³/mol. The van der Waals surface area contributed by atoms with Gasteiger partial charge in [0.25, 0.3) is 5.91 Å². The van der Waals surface area contributed by atoms with Crippen molar-refractivity contribution in [1.29, 1.82) is 0 Å². The largest absolute Gasteiger partial charge is 0.466 e. The summed E-state index contributed by atoms with van der Waals surface area (Å²) in [6, 6.07) is 11.1. The summed E-state index contributed by atoms with van der Waals surface area (Å²) in [5.74, 6) is -1.80. The molecular weight excluding hydrogens is 387 g/mol. The maximum Gasteiger partial charge on any atom is 0.310 e. The van der Waals surface area contributed by atoms with Gasteiger partial charge in [-0.3, -0.25) is 14.4 Å². The molecule has 2 aromatic rings. The molecule has 1 heterocycles. The summed E-state index contributed by atoms with van der Waals surface area (Å²) in [4.78, 5) is 36.7. The number of carbonyl (C=O) groups is 3. The first kappa shape index (κ1) is 21.2. The Morgan fingerprint density at radius 3 is 2.63 bits per heavy atom. The highest BCUT2D eigenvalue weighted by molar-refractivity contribution is 6.06. The van der Waals surface area contributed by atoms with Crippen LogP contribution in [0.1, 0.15) is 36.0 Å². The third-order valence-corrected chi connectivity index (χ3v) is 4.89. The van der Waals surface area contributed by atoms with Gasteiger partial charge in [0.2, 0.25) is 5.91 Å². The van der Waals surface area contributed by atoms with Gasteiger partial charge >= 0.3 is 5.97 Å². The number of amides is 2. The molecule has 2 aromatic carbocycles. The zero-order valence-electron chi connectivity index (χ0n) is 16.8. The Kier molecular flexibility index (Phi) is 6.61. The molecule has 6 nitrogen and oxygen atoms in total. The van der Waals surface area contributed by atoms with Crippen LogP contribution in [0.5, 0.6) is 0 Å². The monoisotopic (exact) mass is 410 g/mol. The summed E-state index contributed by atoms with van der Waals surface area (Å²) >= 11 is 0. The Labute approximate surface area is 174 Å². The number of hydrogen-bond donors (Lipinski definition) is 2. The van der Waals surface area contributed by atoms with E-state index >= 15 is 0 Å². The SMILES string of the molecule is CCOC(=O)Cc1ccc(C)c(NC(=O)C2=CNC(=O)C[C@@H]2c2ccc(F)cc2)c1. The smallest absolute Gasteiger partial charge is 0.310 e. The van der Waals surface area contributed by atoms with E-state index in [1.54, 1.807) is 25.1 Å². The van der Waals surface area contributed by atoms with Gasteiger partial charge in [-0.05, 0) is 48.7 Å². The van der Waals surface area contributed by atoms with E-state index < -0.39 is 5.92 Å². The fourth-order valence-electron chi connectivity index (χ4n) is 3.32. The van der Waals surface area contributed by atoms with Crippen LogP contribution in [0, 0.1) is 12.7 Å². The molecule has 1 aliphatic heterocycles. The normalized spacial score (nSPS) is 15.8. The van der Waals surface area contributed by atoms with Crippen LogP contribution in [0.4, 0.5) is 10.1 Å². The van der Waals surface area contributed by atoms with Crippen molar-refractivity contribution in [3.63, 3.8) is 0 Å². The van der Waals surface area contributed by atoms with E-state index in [0.717, 1.165) is 11.1 Å².